The highest BCUT2D eigenvalue weighted by Gasteiger charge is 2.36. The molecule has 0 fully saturated rings. The molecule has 1 unspecified atom stereocenters. The third kappa shape index (κ3) is 5.19. The molecule has 1 aliphatic heterocycles. The SMILES string of the molecule is CCOC(=O)c1ccc(N=C(c2ccccc2)C2C(=O)Nc3cc(OCC)c(OCC)cc32)cc1. The number of fused-ring (bicyclic) bond motifs is 1. The minimum Gasteiger partial charge on any atom is -0.490 e. The van der Waals surface area contributed by atoms with Crippen molar-refractivity contribution < 1.29 is 23.8 Å². The fraction of sp³-hybridized carbons (Fsp3) is 0.250. The van der Waals surface area contributed by atoms with E-state index in [2.05, 4.69) is 5.32 Å². The van der Waals surface area contributed by atoms with Crippen LogP contribution >= 0.6 is 0 Å². The molecule has 1 atom stereocenters. The topological polar surface area (TPSA) is 86.2 Å². The summed E-state index contributed by atoms with van der Waals surface area (Å²) < 4.78 is 16.6. The number of nitrogens with one attached hydrogen (secondary N) is 1. The second-order valence-corrected chi connectivity index (χ2v) is 7.80. The highest BCUT2D eigenvalue weighted by molar-refractivity contribution is 6.24. The number of ether oxygens (including phenoxy) is 3. The summed E-state index contributed by atoms with van der Waals surface area (Å²) in [4.78, 5) is 30.1. The average Bonchev–Trinajstić information content (AvgIpc) is 3.18. The van der Waals surface area contributed by atoms with Crippen molar-refractivity contribution in [1.29, 1.82) is 0 Å². The smallest absolute Gasteiger partial charge is 0.338 e. The van der Waals surface area contributed by atoms with Crippen LogP contribution in [0.25, 0.3) is 0 Å². The summed E-state index contributed by atoms with van der Waals surface area (Å²) >= 11 is 0. The van der Waals surface area contributed by atoms with E-state index < -0.39 is 5.92 Å². The molecule has 1 N–H and O–H groups in total. The largest absolute Gasteiger partial charge is 0.490 e. The third-order valence-corrected chi connectivity index (χ3v) is 5.52. The number of nitrogens with zero attached hydrogens (tertiary/aromatic N) is 1. The van der Waals surface area contributed by atoms with E-state index in [1.54, 1.807) is 37.3 Å². The van der Waals surface area contributed by atoms with Crippen LogP contribution in [0.1, 0.15) is 48.2 Å². The van der Waals surface area contributed by atoms with Crippen LogP contribution in [0.2, 0.25) is 0 Å². The number of anilines is 1. The monoisotopic (exact) mass is 472 g/mol. The molecule has 7 nitrogen and oxygen atoms in total. The number of amides is 1. The van der Waals surface area contributed by atoms with Gasteiger partial charge in [-0.3, -0.25) is 9.79 Å². The minimum absolute atomic E-state index is 0.179. The molecule has 7 heteroatoms. The molecule has 0 radical (unpaired) electrons. The number of rotatable bonds is 9. The van der Waals surface area contributed by atoms with E-state index in [1.807, 2.05) is 50.2 Å². The second-order valence-electron chi connectivity index (χ2n) is 7.80. The van der Waals surface area contributed by atoms with Crippen molar-refractivity contribution in [2.75, 3.05) is 25.1 Å². The van der Waals surface area contributed by atoms with Crippen molar-refractivity contribution in [3.8, 4) is 11.5 Å². The van der Waals surface area contributed by atoms with Gasteiger partial charge in [0.2, 0.25) is 5.91 Å². The fourth-order valence-corrected chi connectivity index (χ4v) is 4.01. The molecule has 4 rings (SSSR count). The van der Waals surface area contributed by atoms with E-state index in [1.165, 1.54) is 0 Å². The lowest BCUT2D eigenvalue weighted by atomic mass is 9.90. The summed E-state index contributed by atoms with van der Waals surface area (Å²) in [6.45, 7) is 6.83. The molecular weight excluding hydrogens is 444 g/mol. The normalized spacial score (nSPS) is 14.8. The summed E-state index contributed by atoms with van der Waals surface area (Å²) in [6, 6.07) is 20.1. The number of carbonyl (C=O) groups is 2. The Morgan fingerprint density at radius 2 is 1.51 bits per heavy atom. The number of hydrogen-bond acceptors (Lipinski definition) is 6. The zero-order valence-electron chi connectivity index (χ0n) is 20.0. The predicted molar refractivity (Wildman–Crippen MR) is 135 cm³/mol. The Morgan fingerprint density at radius 1 is 0.857 bits per heavy atom. The summed E-state index contributed by atoms with van der Waals surface area (Å²) in [7, 11) is 0. The van der Waals surface area contributed by atoms with Gasteiger partial charge in [0.25, 0.3) is 0 Å². The Morgan fingerprint density at radius 3 is 2.14 bits per heavy atom. The second kappa shape index (κ2) is 10.9. The van der Waals surface area contributed by atoms with Gasteiger partial charge in [0.15, 0.2) is 11.5 Å². The summed E-state index contributed by atoms with van der Waals surface area (Å²) in [5.41, 5.74) is 3.93. The van der Waals surface area contributed by atoms with Gasteiger partial charge in [0, 0.05) is 11.8 Å². The average molecular weight is 473 g/mol. The first-order valence-electron chi connectivity index (χ1n) is 11.7. The number of esters is 1. The Balaban J connectivity index is 1.80. The highest BCUT2D eigenvalue weighted by Crippen LogP contribution is 2.43. The Kier molecular flexibility index (Phi) is 7.45. The van der Waals surface area contributed by atoms with Crippen LogP contribution in [-0.2, 0) is 9.53 Å². The van der Waals surface area contributed by atoms with E-state index in [9.17, 15) is 9.59 Å². The maximum absolute atomic E-state index is 13.3. The van der Waals surface area contributed by atoms with E-state index in [4.69, 9.17) is 19.2 Å². The Labute approximate surface area is 204 Å². The first-order chi connectivity index (χ1) is 17.0. The summed E-state index contributed by atoms with van der Waals surface area (Å²) in [5.74, 6) is -0.0413. The molecule has 3 aromatic carbocycles. The van der Waals surface area contributed by atoms with Gasteiger partial charge >= 0.3 is 5.97 Å². The molecule has 0 bridgehead atoms. The first-order valence-corrected chi connectivity index (χ1v) is 11.7. The number of hydrogen-bond donors (Lipinski definition) is 1. The first kappa shape index (κ1) is 24.0. The zero-order chi connectivity index (χ0) is 24.8. The van der Waals surface area contributed by atoms with Crippen LogP contribution in [0.5, 0.6) is 11.5 Å². The molecule has 1 amide bonds. The molecule has 0 spiro atoms. The van der Waals surface area contributed by atoms with Gasteiger partial charge in [-0.15, -0.1) is 0 Å². The van der Waals surface area contributed by atoms with Crippen LogP contribution < -0.4 is 14.8 Å². The van der Waals surface area contributed by atoms with Gasteiger partial charge in [0.1, 0.15) is 5.92 Å². The molecule has 0 saturated carbocycles. The van der Waals surface area contributed by atoms with Crippen molar-refractivity contribution in [3.05, 3.63) is 83.4 Å². The Hall–Kier alpha value is -4.13. The van der Waals surface area contributed by atoms with Crippen molar-refractivity contribution in [1.82, 2.24) is 0 Å². The van der Waals surface area contributed by atoms with Gasteiger partial charge in [-0.05, 0) is 62.2 Å². The minimum atomic E-state index is -0.646. The highest BCUT2D eigenvalue weighted by atomic mass is 16.5. The predicted octanol–water partition coefficient (Wildman–Crippen LogP) is 5.52. The van der Waals surface area contributed by atoms with E-state index >= 15 is 0 Å². The van der Waals surface area contributed by atoms with E-state index in [-0.39, 0.29) is 11.9 Å². The van der Waals surface area contributed by atoms with Crippen molar-refractivity contribution in [3.63, 3.8) is 0 Å². The van der Waals surface area contributed by atoms with Crippen LogP contribution in [0, 0.1) is 0 Å². The van der Waals surface area contributed by atoms with Crippen LogP contribution in [0.3, 0.4) is 0 Å². The lowest BCUT2D eigenvalue weighted by molar-refractivity contribution is -0.115. The van der Waals surface area contributed by atoms with Crippen molar-refractivity contribution in [2.45, 2.75) is 26.7 Å². The van der Waals surface area contributed by atoms with Crippen LogP contribution in [0.15, 0.2) is 71.7 Å². The molecule has 0 aliphatic carbocycles. The molecule has 180 valence electrons. The zero-order valence-corrected chi connectivity index (χ0v) is 20.0. The molecule has 1 aliphatic rings. The summed E-state index contributed by atoms with van der Waals surface area (Å²) in [5, 5.41) is 2.97. The molecular formula is C28H28N2O5. The molecule has 0 aromatic heterocycles. The van der Waals surface area contributed by atoms with Gasteiger partial charge in [-0.25, -0.2) is 4.79 Å². The van der Waals surface area contributed by atoms with Crippen LogP contribution in [-0.4, -0.2) is 37.4 Å². The Bertz CT molecular complexity index is 1240. The van der Waals surface area contributed by atoms with Crippen molar-refractivity contribution >= 4 is 29.0 Å². The molecule has 35 heavy (non-hydrogen) atoms. The number of carbonyl (C=O) groups excluding carboxylic acids is 2. The van der Waals surface area contributed by atoms with Gasteiger partial charge in [0.05, 0.1) is 36.8 Å². The summed E-state index contributed by atoms with van der Waals surface area (Å²) in [6.07, 6.45) is 0. The molecule has 1 heterocycles. The maximum atomic E-state index is 13.3. The number of benzene rings is 3. The van der Waals surface area contributed by atoms with Crippen LogP contribution in [0.4, 0.5) is 11.4 Å². The van der Waals surface area contributed by atoms with E-state index in [0.717, 1.165) is 11.1 Å². The van der Waals surface area contributed by atoms with Gasteiger partial charge < -0.3 is 19.5 Å². The molecule has 0 saturated heterocycles. The van der Waals surface area contributed by atoms with E-state index in [0.29, 0.717) is 54.0 Å². The number of aliphatic imine (C=N–C) groups is 1. The fourth-order valence-electron chi connectivity index (χ4n) is 4.01. The van der Waals surface area contributed by atoms with Gasteiger partial charge in [-0.2, -0.15) is 0 Å². The standard InChI is InChI=1S/C28H28N2O5/c1-4-33-23-16-21-22(17-24(23)34-5-2)30-27(31)25(21)26(18-10-8-7-9-11-18)29-20-14-12-19(13-15-20)28(32)35-6-3/h7-17,25H,4-6H2,1-3H3,(H,30,31). The molecule has 3 aromatic rings. The lowest BCUT2D eigenvalue weighted by Gasteiger charge is -2.16. The maximum Gasteiger partial charge on any atom is 0.338 e. The van der Waals surface area contributed by atoms with Crippen molar-refractivity contribution in [2.24, 2.45) is 4.99 Å². The van der Waals surface area contributed by atoms with Gasteiger partial charge in [-0.1, -0.05) is 30.3 Å². The third-order valence-electron chi connectivity index (χ3n) is 5.52. The quantitative estimate of drug-likeness (QED) is 0.327. The lowest BCUT2D eigenvalue weighted by Crippen LogP contribution is -2.22.